The Morgan fingerprint density at radius 2 is 1.40 bits per heavy atom. The average molecular weight is 416 g/mol. The molecule has 0 aliphatic carbocycles. The molecule has 0 aromatic heterocycles. The normalized spacial score (nSPS) is 16.1. The van der Waals surface area contributed by atoms with E-state index in [1.165, 1.54) is 24.3 Å². The third-order valence-corrected chi connectivity index (χ3v) is 5.26. The van der Waals surface area contributed by atoms with Crippen LogP contribution < -0.4 is 10.6 Å². The van der Waals surface area contributed by atoms with Crippen molar-refractivity contribution in [3.63, 3.8) is 0 Å². The molecule has 160 valence electrons. The minimum absolute atomic E-state index is 0.131. The Hall–Kier alpha value is -2.84. The number of amides is 2. The van der Waals surface area contributed by atoms with Gasteiger partial charge in [0.25, 0.3) is 0 Å². The quantitative estimate of drug-likeness (QED) is 0.704. The van der Waals surface area contributed by atoms with Crippen molar-refractivity contribution in [1.29, 1.82) is 0 Å². The molecule has 1 aliphatic heterocycles. The molecular formula is C22H26F2N4O2. The molecule has 2 aromatic rings. The molecule has 2 amide bonds. The molecule has 1 atom stereocenters. The SMILES string of the molecule is CN1CCN(C(CNC(=O)C(=O)NCc2ccc(F)cc2)c2ccc(F)cc2)CC1. The minimum atomic E-state index is -0.754. The molecule has 0 radical (unpaired) electrons. The minimum Gasteiger partial charge on any atom is -0.346 e. The van der Waals surface area contributed by atoms with E-state index in [0.29, 0.717) is 5.56 Å². The van der Waals surface area contributed by atoms with Crippen LogP contribution in [-0.4, -0.2) is 61.4 Å². The Morgan fingerprint density at radius 1 is 0.867 bits per heavy atom. The largest absolute Gasteiger partial charge is 0.346 e. The van der Waals surface area contributed by atoms with Gasteiger partial charge in [0.15, 0.2) is 0 Å². The molecule has 1 saturated heterocycles. The van der Waals surface area contributed by atoms with Crippen LogP contribution in [0.15, 0.2) is 48.5 Å². The van der Waals surface area contributed by atoms with E-state index in [2.05, 4.69) is 27.5 Å². The Balaban J connectivity index is 1.58. The highest BCUT2D eigenvalue weighted by Crippen LogP contribution is 2.22. The van der Waals surface area contributed by atoms with Crippen LogP contribution in [0.4, 0.5) is 8.78 Å². The lowest BCUT2D eigenvalue weighted by Gasteiger charge is -2.38. The first kappa shape index (κ1) is 21.9. The van der Waals surface area contributed by atoms with Crippen LogP contribution in [0.1, 0.15) is 17.2 Å². The van der Waals surface area contributed by atoms with Crippen LogP contribution >= 0.6 is 0 Å². The summed E-state index contributed by atoms with van der Waals surface area (Å²) in [6, 6.07) is 11.7. The summed E-state index contributed by atoms with van der Waals surface area (Å²) in [6.45, 7) is 3.77. The van der Waals surface area contributed by atoms with Gasteiger partial charge < -0.3 is 15.5 Å². The van der Waals surface area contributed by atoms with Gasteiger partial charge in [0.05, 0.1) is 6.04 Å². The summed E-state index contributed by atoms with van der Waals surface area (Å²) in [5, 5.41) is 5.22. The summed E-state index contributed by atoms with van der Waals surface area (Å²) in [5.74, 6) is -2.17. The molecule has 2 aromatic carbocycles. The summed E-state index contributed by atoms with van der Waals surface area (Å²) in [5.41, 5.74) is 1.58. The van der Waals surface area contributed by atoms with Gasteiger partial charge in [0.1, 0.15) is 11.6 Å². The highest BCUT2D eigenvalue weighted by molar-refractivity contribution is 6.35. The van der Waals surface area contributed by atoms with Crippen LogP contribution in [-0.2, 0) is 16.1 Å². The smallest absolute Gasteiger partial charge is 0.309 e. The van der Waals surface area contributed by atoms with Crippen molar-refractivity contribution in [3.8, 4) is 0 Å². The molecule has 0 bridgehead atoms. The van der Waals surface area contributed by atoms with Gasteiger partial charge >= 0.3 is 11.8 Å². The third kappa shape index (κ3) is 6.08. The molecule has 1 aliphatic rings. The number of piperazine rings is 1. The van der Waals surface area contributed by atoms with E-state index in [-0.39, 0.29) is 30.8 Å². The van der Waals surface area contributed by atoms with E-state index >= 15 is 0 Å². The van der Waals surface area contributed by atoms with Crippen molar-refractivity contribution in [3.05, 3.63) is 71.3 Å². The molecule has 30 heavy (non-hydrogen) atoms. The number of likely N-dealkylation sites (N-methyl/N-ethyl adjacent to an activating group) is 1. The number of nitrogens with zero attached hydrogens (tertiary/aromatic N) is 2. The molecule has 1 heterocycles. The lowest BCUT2D eigenvalue weighted by Crippen LogP contribution is -2.49. The van der Waals surface area contributed by atoms with Crippen molar-refractivity contribution in [2.75, 3.05) is 39.8 Å². The first-order valence-corrected chi connectivity index (χ1v) is 9.91. The summed E-state index contributed by atoms with van der Waals surface area (Å²) in [6.07, 6.45) is 0. The lowest BCUT2D eigenvalue weighted by atomic mass is 10.0. The number of halogens is 2. The molecule has 0 spiro atoms. The summed E-state index contributed by atoms with van der Waals surface area (Å²) in [7, 11) is 2.05. The number of benzene rings is 2. The second-order valence-corrected chi connectivity index (χ2v) is 7.43. The second-order valence-electron chi connectivity index (χ2n) is 7.43. The highest BCUT2D eigenvalue weighted by Gasteiger charge is 2.25. The van der Waals surface area contributed by atoms with Crippen molar-refractivity contribution >= 4 is 11.8 Å². The van der Waals surface area contributed by atoms with Gasteiger partial charge in [-0.2, -0.15) is 0 Å². The van der Waals surface area contributed by atoms with Crippen LogP contribution in [0.3, 0.4) is 0 Å². The second kappa shape index (κ2) is 10.3. The van der Waals surface area contributed by atoms with Gasteiger partial charge in [-0.05, 0) is 42.4 Å². The Labute approximate surface area is 174 Å². The molecular weight excluding hydrogens is 390 g/mol. The fourth-order valence-corrected chi connectivity index (χ4v) is 3.41. The van der Waals surface area contributed by atoms with Crippen molar-refractivity contribution in [1.82, 2.24) is 20.4 Å². The maximum Gasteiger partial charge on any atom is 0.309 e. The van der Waals surface area contributed by atoms with Crippen LogP contribution in [0.25, 0.3) is 0 Å². The first-order valence-electron chi connectivity index (χ1n) is 9.91. The number of hydrogen-bond acceptors (Lipinski definition) is 4. The molecule has 6 nitrogen and oxygen atoms in total. The zero-order valence-electron chi connectivity index (χ0n) is 16.9. The van der Waals surface area contributed by atoms with Gasteiger partial charge in [-0.3, -0.25) is 14.5 Å². The van der Waals surface area contributed by atoms with E-state index < -0.39 is 11.8 Å². The molecule has 1 fully saturated rings. The van der Waals surface area contributed by atoms with E-state index in [0.717, 1.165) is 31.7 Å². The Bertz CT molecular complexity index is 850. The van der Waals surface area contributed by atoms with E-state index in [1.54, 1.807) is 24.3 Å². The van der Waals surface area contributed by atoms with Gasteiger partial charge in [-0.1, -0.05) is 24.3 Å². The number of nitrogens with one attached hydrogen (secondary N) is 2. The first-order chi connectivity index (χ1) is 14.4. The molecule has 0 saturated carbocycles. The predicted octanol–water partition coefficient (Wildman–Crippen LogP) is 1.69. The summed E-state index contributed by atoms with van der Waals surface area (Å²) in [4.78, 5) is 28.9. The van der Waals surface area contributed by atoms with E-state index in [1.807, 2.05) is 0 Å². The average Bonchev–Trinajstić information content (AvgIpc) is 2.75. The Morgan fingerprint density at radius 3 is 2.00 bits per heavy atom. The van der Waals surface area contributed by atoms with Gasteiger partial charge in [-0.15, -0.1) is 0 Å². The van der Waals surface area contributed by atoms with E-state index in [9.17, 15) is 18.4 Å². The molecule has 8 heteroatoms. The third-order valence-electron chi connectivity index (χ3n) is 5.26. The topological polar surface area (TPSA) is 64.7 Å². The van der Waals surface area contributed by atoms with Crippen molar-refractivity contribution in [2.45, 2.75) is 12.6 Å². The van der Waals surface area contributed by atoms with Gasteiger partial charge in [0, 0.05) is 39.3 Å². The zero-order chi connectivity index (χ0) is 21.5. The highest BCUT2D eigenvalue weighted by atomic mass is 19.1. The fourth-order valence-electron chi connectivity index (χ4n) is 3.41. The number of rotatable bonds is 6. The summed E-state index contributed by atoms with van der Waals surface area (Å²) >= 11 is 0. The van der Waals surface area contributed by atoms with Crippen molar-refractivity contribution in [2.24, 2.45) is 0 Å². The predicted molar refractivity (Wildman–Crippen MR) is 109 cm³/mol. The monoisotopic (exact) mass is 416 g/mol. The number of carbonyl (C=O) groups excluding carboxylic acids is 2. The van der Waals surface area contributed by atoms with E-state index in [4.69, 9.17) is 0 Å². The van der Waals surface area contributed by atoms with Crippen LogP contribution in [0.5, 0.6) is 0 Å². The van der Waals surface area contributed by atoms with Crippen LogP contribution in [0.2, 0.25) is 0 Å². The molecule has 2 N–H and O–H groups in total. The number of carbonyl (C=O) groups is 2. The molecule has 1 unspecified atom stereocenters. The fraction of sp³-hybridized carbons (Fsp3) is 0.364. The van der Waals surface area contributed by atoms with Crippen molar-refractivity contribution < 1.29 is 18.4 Å². The van der Waals surface area contributed by atoms with Crippen LogP contribution in [0, 0.1) is 11.6 Å². The zero-order valence-corrected chi connectivity index (χ0v) is 16.9. The summed E-state index contributed by atoms with van der Waals surface area (Å²) < 4.78 is 26.3. The molecule has 3 rings (SSSR count). The van der Waals surface area contributed by atoms with Gasteiger partial charge in [0.2, 0.25) is 0 Å². The Kier molecular flexibility index (Phi) is 7.48. The maximum absolute atomic E-state index is 13.3. The van der Waals surface area contributed by atoms with Gasteiger partial charge in [-0.25, -0.2) is 8.78 Å². The number of hydrogen-bond donors (Lipinski definition) is 2. The lowest BCUT2D eigenvalue weighted by molar-refractivity contribution is -0.139. The maximum atomic E-state index is 13.3. The standard InChI is InChI=1S/C22H26F2N4O2/c1-27-10-12-28(13-11-27)20(17-4-8-19(24)9-5-17)15-26-22(30)21(29)25-14-16-2-6-18(23)7-3-16/h2-9,20H,10-15H2,1H3,(H,25,29)(H,26,30).